The molecule has 0 bridgehead atoms. The van der Waals surface area contributed by atoms with E-state index in [0.29, 0.717) is 13.2 Å². The molecule has 21 heavy (non-hydrogen) atoms. The number of methoxy groups -OCH3 is 1. The number of benzene rings is 1. The first-order chi connectivity index (χ1) is 10.2. The zero-order valence-electron chi connectivity index (χ0n) is 13.2. The van der Waals surface area contributed by atoms with Gasteiger partial charge in [0.1, 0.15) is 0 Å². The molecule has 118 valence electrons. The monoisotopic (exact) mass is 291 g/mol. The van der Waals surface area contributed by atoms with Gasteiger partial charge in [-0.1, -0.05) is 56.4 Å². The van der Waals surface area contributed by atoms with E-state index in [2.05, 4.69) is 0 Å². The number of nitrogens with two attached hydrogens (primary N) is 1. The van der Waals surface area contributed by atoms with Crippen LogP contribution in [0.25, 0.3) is 0 Å². The highest BCUT2D eigenvalue weighted by molar-refractivity contribution is 5.25. The van der Waals surface area contributed by atoms with Crippen molar-refractivity contribution in [1.29, 1.82) is 0 Å². The van der Waals surface area contributed by atoms with Crippen molar-refractivity contribution in [3.63, 3.8) is 0 Å². The van der Waals surface area contributed by atoms with Gasteiger partial charge in [-0.15, -0.1) is 0 Å². The Kier molecular flexibility index (Phi) is 6.22. The maximum absolute atomic E-state index is 10.9. The second-order valence-corrected chi connectivity index (χ2v) is 6.41. The third kappa shape index (κ3) is 4.06. The fraction of sp³-hybridized carbons (Fsp3) is 0.667. The van der Waals surface area contributed by atoms with Gasteiger partial charge in [0, 0.05) is 19.1 Å². The number of aliphatic hydroxyl groups excluding tert-OH is 1. The Balaban J connectivity index is 2.15. The molecule has 3 N–H and O–H groups in total. The third-order valence-electron chi connectivity index (χ3n) is 4.94. The lowest BCUT2D eigenvalue weighted by molar-refractivity contribution is 0.00846. The van der Waals surface area contributed by atoms with E-state index in [1.165, 1.54) is 32.1 Å². The summed E-state index contributed by atoms with van der Waals surface area (Å²) in [4.78, 5) is 0. The summed E-state index contributed by atoms with van der Waals surface area (Å²) in [5, 5.41) is 10.9. The molecule has 1 atom stereocenters. The molecule has 0 heterocycles. The Labute approximate surface area is 128 Å². The van der Waals surface area contributed by atoms with Gasteiger partial charge in [0.15, 0.2) is 0 Å². The van der Waals surface area contributed by atoms with Gasteiger partial charge in [-0.3, -0.25) is 0 Å². The van der Waals surface area contributed by atoms with Crippen LogP contribution in [-0.2, 0) is 11.3 Å². The predicted molar refractivity (Wildman–Crippen MR) is 85.9 cm³/mol. The number of hydrogen-bond donors (Lipinski definition) is 2. The van der Waals surface area contributed by atoms with Crippen LogP contribution in [0.3, 0.4) is 0 Å². The van der Waals surface area contributed by atoms with Gasteiger partial charge < -0.3 is 15.6 Å². The van der Waals surface area contributed by atoms with Crippen LogP contribution in [0.2, 0.25) is 0 Å². The first-order valence-corrected chi connectivity index (χ1v) is 8.18. The van der Waals surface area contributed by atoms with Crippen molar-refractivity contribution < 1.29 is 9.84 Å². The lowest BCUT2D eigenvalue weighted by Gasteiger charge is -2.39. The lowest BCUT2D eigenvalue weighted by Crippen LogP contribution is -2.37. The minimum atomic E-state index is -0.461. The van der Waals surface area contributed by atoms with Gasteiger partial charge >= 0.3 is 0 Å². The van der Waals surface area contributed by atoms with Crippen LogP contribution in [0, 0.1) is 5.41 Å². The minimum Gasteiger partial charge on any atom is -0.388 e. The second kappa shape index (κ2) is 7.92. The fourth-order valence-electron chi connectivity index (χ4n) is 3.52. The van der Waals surface area contributed by atoms with Crippen molar-refractivity contribution in [1.82, 2.24) is 0 Å². The molecule has 1 aliphatic rings. The largest absolute Gasteiger partial charge is 0.388 e. The van der Waals surface area contributed by atoms with E-state index in [9.17, 15) is 5.11 Å². The quantitative estimate of drug-likeness (QED) is 0.872. The summed E-state index contributed by atoms with van der Waals surface area (Å²) in [5.74, 6) is 0. The molecule has 0 spiro atoms. The standard InChI is InChI=1S/C18H29NO2/c1-21-13-15-7-9-16(10-8-15)17(20)18(14-19)11-5-3-2-4-6-12-18/h7-10,17,20H,2-6,11-14,19H2,1H3. The van der Waals surface area contributed by atoms with Crippen molar-refractivity contribution in [2.75, 3.05) is 13.7 Å². The summed E-state index contributed by atoms with van der Waals surface area (Å²) in [6, 6.07) is 8.12. The van der Waals surface area contributed by atoms with Crippen molar-refractivity contribution in [2.45, 2.75) is 57.7 Å². The molecule has 0 radical (unpaired) electrons. The molecule has 1 unspecified atom stereocenters. The average molecular weight is 291 g/mol. The van der Waals surface area contributed by atoms with Crippen LogP contribution in [0.1, 0.15) is 62.2 Å². The summed E-state index contributed by atoms with van der Waals surface area (Å²) < 4.78 is 5.13. The maximum atomic E-state index is 10.9. The first kappa shape index (κ1) is 16.5. The van der Waals surface area contributed by atoms with Crippen molar-refractivity contribution in [2.24, 2.45) is 11.1 Å². The van der Waals surface area contributed by atoms with E-state index in [-0.39, 0.29) is 5.41 Å². The number of ether oxygens (including phenoxy) is 1. The van der Waals surface area contributed by atoms with Crippen LogP contribution >= 0.6 is 0 Å². The summed E-state index contributed by atoms with van der Waals surface area (Å²) >= 11 is 0. The van der Waals surface area contributed by atoms with Gasteiger partial charge in [0.25, 0.3) is 0 Å². The molecule has 3 heteroatoms. The Morgan fingerprint density at radius 3 is 2.19 bits per heavy atom. The van der Waals surface area contributed by atoms with Gasteiger partial charge in [-0.05, 0) is 24.0 Å². The molecule has 0 aromatic heterocycles. The maximum Gasteiger partial charge on any atom is 0.0858 e. The highest BCUT2D eigenvalue weighted by Crippen LogP contribution is 2.43. The molecular weight excluding hydrogens is 262 g/mol. The summed E-state index contributed by atoms with van der Waals surface area (Å²) in [6.45, 7) is 1.17. The molecule has 0 aliphatic heterocycles. The Morgan fingerprint density at radius 1 is 1.10 bits per heavy atom. The van der Waals surface area contributed by atoms with Crippen LogP contribution in [-0.4, -0.2) is 18.8 Å². The number of hydrogen-bond acceptors (Lipinski definition) is 3. The van der Waals surface area contributed by atoms with Crippen LogP contribution in [0.15, 0.2) is 24.3 Å². The molecule has 1 saturated carbocycles. The number of aliphatic hydroxyl groups is 1. The Morgan fingerprint density at radius 2 is 1.67 bits per heavy atom. The predicted octanol–water partition coefficient (Wildman–Crippen LogP) is 3.56. The zero-order valence-corrected chi connectivity index (χ0v) is 13.2. The third-order valence-corrected chi connectivity index (χ3v) is 4.94. The highest BCUT2D eigenvalue weighted by Gasteiger charge is 2.37. The zero-order chi connectivity index (χ0) is 15.1. The molecule has 1 aromatic rings. The smallest absolute Gasteiger partial charge is 0.0858 e. The first-order valence-electron chi connectivity index (χ1n) is 8.18. The van der Waals surface area contributed by atoms with Crippen LogP contribution < -0.4 is 5.73 Å². The second-order valence-electron chi connectivity index (χ2n) is 6.41. The summed E-state index contributed by atoms with van der Waals surface area (Å²) in [7, 11) is 1.70. The van der Waals surface area contributed by atoms with Crippen molar-refractivity contribution >= 4 is 0 Å². The number of rotatable bonds is 5. The molecule has 3 nitrogen and oxygen atoms in total. The topological polar surface area (TPSA) is 55.5 Å². The van der Waals surface area contributed by atoms with E-state index in [0.717, 1.165) is 24.0 Å². The van der Waals surface area contributed by atoms with E-state index in [1.807, 2.05) is 24.3 Å². The van der Waals surface area contributed by atoms with Crippen molar-refractivity contribution in [3.05, 3.63) is 35.4 Å². The average Bonchev–Trinajstić information content (AvgIpc) is 2.48. The highest BCUT2D eigenvalue weighted by atomic mass is 16.5. The molecular formula is C18H29NO2. The summed E-state index contributed by atoms with van der Waals surface area (Å²) in [5.41, 5.74) is 8.06. The Bertz CT molecular complexity index is 408. The van der Waals surface area contributed by atoms with E-state index < -0.39 is 6.10 Å². The SMILES string of the molecule is COCc1ccc(C(O)C2(CN)CCCCCCC2)cc1. The molecule has 1 fully saturated rings. The fourth-order valence-corrected chi connectivity index (χ4v) is 3.52. The lowest BCUT2D eigenvalue weighted by atomic mass is 9.70. The normalized spacial score (nSPS) is 20.5. The van der Waals surface area contributed by atoms with Gasteiger partial charge in [0.2, 0.25) is 0 Å². The van der Waals surface area contributed by atoms with E-state index in [4.69, 9.17) is 10.5 Å². The molecule has 1 aromatic carbocycles. The van der Waals surface area contributed by atoms with Crippen LogP contribution in [0.4, 0.5) is 0 Å². The van der Waals surface area contributed by atoms with E-state index >= 15 is 0 Å². The molecule has 1 aliphatic carbocycles. The Hall–Kier alpha value is -0.900. The van der Waals surface area contributed by atoms with E-state index in [1.54, 1.807) is 7.11 Å². The van der Waals surface area contributed by atoms with Gasteiger partial charge in [0.05, 0.1) is 12.7 Å². The van der Waals surface area contributed by atoms with Crippen LogP contribution in [0.5, 0.6) is 0 Å². The minimum absolute atomic E-state index is 0.150. The molecule has 0 amide bonds. The molecule has 2 rings (SSSR count). The van der Waals surface area contributed by atoms with Crippen molar-refractivity contribution in [3.8, 4) is 0 Å². The van der Waals surface area contributed by atoms with Gasteiger partial charge in [-0.25, -0.2) is 0 Å². The van der Waals surface area contributed by atoms with Gasteiger partial charge in [-0.2, -0.15) is 0 Å². The summed E-state index contributed by atoms with van der Waals surface area (Å²) in [6.07, 6.45) is 7.81. The molecule has 0 saturated heterocycles.